The number of rotatable bonds is 7. The molecule has 2 aromatic carbocycles. The number of carbonyl (C=O) groups is 1. The molecule has 2 aromatic rings. The van der Waals surface area contributed by atoms with Crippen molar-refractivity contribution in [1.29, 1.82) is 0 Å². The largest absolute Gasteiger partial charge is 0.484 e. The first-order valence-corrected chi connectivity index (χ1v) is 10.0. The number of carbonyl (C=O) groups excluding carboxylic acids is 1. The molecule has 0 radical (unpaired) electrons. The van der Waals surface area contributed by atoms with Gasteiger partial charge in [0.25, 0.3) is 5.91 Å². The highest BCUT2D eigenvalue weighted by molar-refractivity contribution is 6.33. The molecule has 1 amide bonds. The fourth-order valence-corrected chi connectivity index (χ4v) is 3.57. The summed E-state index contributed by atoms with van der Waals surface area (Å²) in [6, 6.07) is 13.6. The van der Waals surface area contributed by atoms with E-state index in [-0.39, 0.29) is 12.5 Å². The predicted molar refractivity (Wildman–Crippen MR) is 112 cm³/mol. The first-order valence-electron chi connectivity index (χ1n) is 9.64. The number of benzene rings is 2. The summed E-state index contributed by atoms with van der Waals surface area (Å²) in [5.41, 5.74) is 3.00. The van der Waals surface area contributed by atoms with Crippen LogP contribution in [0.5, 0.6) is 5.75 Å². The van der Waals surface area contributed by atoms with Crippen LogP contribution in [0.1, 0.15) is 44.6 Å². The Morgan fingerprint density at radius 1 is 1.19 bits per heavy atom. The van der Waals surface area contributed by atoms with Gasteiger partial charge in [-0.3, -0.25) is 4.79 Å². The van der Waals surface area contributed by atoms with Crippen LogP contribution < -0.4 is 15.0 Å². The van der Waals surface area contributed by atoms with Crippen LogP contribution in [-0.2, 0) is 4.79 Å². The van der Waals surface area contributed by atoms with Crippen LogP contribution >= 0.6 is 11.6 Å². The molecule has 1 atom stereocenters. The van der Waals surface area contributed by atoms with Crippen LogP contribution in [0.25, 0.3) is 0 Å². The lowest BCUT2D eigenvalue weighted by Gasteiger charge is -2.19. The Kier molecular flexibility index (Phi) is 6.62. The third-order valence-corrected chi connectivity index (χ3v) is 5.41. The zero-order valence-electron chi connectivity index (χ0n) is 16.0. The summed E-state index contributed by atoms with van der Waals surface area (Å²) in [4.78, 5) is 14.4. The maximum absolute atomic E-state index is 12.2. The number of hydrogen-bond donors (Lipinski definition) is 1. The quantitative estimate of drug-likeness (QED) is 0.685. The van der Waals surface area contributed by atoms with Crippen molar-refractivity contribution >= 4 is 28.9 Å². The van der Waals surface area contributed by atoms with Gasteiger partial charge in [-0.2, -0.15) is 0 Å². The number of nitrogens with zero attached hydrogens (tertiary/aromatic N) is 1. The first kappa shape index (κ1) is 19.6. The third kappa shape index (κ3) is 5.16. The molecular weight excluding hydrogens is 360 g/mol. The molecule has 1 fully saturated rings. The molecular formula is C22H27ClN2O2. The molecule has 5 heteroatoms. The smallest absolute Gasteiger partial charge is 0.262 e. The Bertz CT molecular complexity index is 770. The highest BCUT2D eigenvalue weighted by Crippen LogP contribution is 2.31. The van der Waals surface area contributed by atoms with Crippen LogP contribution in [-0.4, -0.2) is 25.6 Å². The number of ether oxygens (including phenoxy) is 1. The first-order chi connectivity index (χ1) is 13.1. The molecule has 0 aliphatic carbocycles. The average molecular weight is 387 g/mol. The topological polar surface area (TPSA) is 41.6 Å². The van der Waals surface area contributed by atoms with Gasteiger partial charge in [0, 0.05) is 18.8 Å². The molecule has 1 aliphatic rings. The molecule has 27 heavy (non-hydrogen) atoms. The van der Waals surface area contributed by atoms with Crippen molar-refractivity contribution in [2.24, 2.45) is 0 Å². The second-order valence-corrected chi connectivity index (χ2v) is 7.48. The summed E-state index contributed by atoms with van der Waals surface area (Å²) in [7, 11) is 0. The second kappa shape index (κ2) is 9.14. The van der Waals surface area contributed by atoms with Gasteiger partial charge in [0.15, 0.2) is 6.61 Å². The molecule has 1 heterocycles. The fourth-order valence-electron chi connectivity index (χ4n) is 3.27. The Balaban J connectivity index is 1.52. The van der Waals surface area contributed by atoms with E-state index < -0.39 is 0 Å². The van der Waals surface area contributed by atoms with Gasteiger partial charge in [0.1, 0.15) is 5.75 Å². The van der Waals surface area contributed by atoms with Crippen LogP contribution in [0.15, 0.2) is 42.5 Å². The van der Waals surface area contributed by atoms with Crippen molar-refractivity contribution in [2.45, 2.75) is 39.0 Å². The number of nitrogens with one attached hydrogen (secondary N) is 1. The molecule has 0 bridgehead atoms. The number of amides is 1. The van der Waals surface area contributed by atoms with E-state index in [0.29, 0.717) is 22.4 Å². The van der Waals surface area contributed by atoms with Crippen LogP contribution in [0.3, 0.4) is 0 Å². The van der Waals surface area contributed by atoms with Crippen molar-refractivity contribution in [3.8, 4) is 5.75 Å². The van der Waals surface area contributed by atoms with E-state index in [9.17, 15) is 4.79 Å². The maximum Gasteiger partial charge on any atom is 0.262 e. The van der Waals surface area contributed by atoms with Crippen molar-refractivity contribution in [3.05, 3.63) is 53.1 Å². The van der Waals surface area contributed by atoms with Crippen molar-refractivity contribution in [1.82, 2.24) is 0 Å². The van der Waals surface area contributed by atoms with Crippen LogP contribution in [0.4, 0.5) is 11.4 Å². The van der Waals surface area contributed by atoms with Crippen LogP contribution in [0, 0.1) is 0 Å². The van der Waals surface area contributed by atoms with Gasteiger partial charge in [-0.05, 0) is 61.1 Å². The van der Waals surface area contributed by atoms with E-state index >= 15 is 0 Å². The Morgan fingerprint density at radius 2 is 1.89 bits per heavy atom. The molecule has 0 aromatic heterocycles. The summed E-state index contributed by atoms with van der Waals surface area (Å²) in [6.45, 7) is 6.41. The monoisotopic (exact) mass is 386 g/mol. The summed E-state index contributed by atoms with van der Waals surface area (Å²) < 4.78 is 5.59. The Morgan fingerprint density at radius 3 is 2.52 bits per heavy atom. The number of anilines is 2. The lowest BCUT2D eigenvalue weighted by molar-refractivity contribution is -0.118. The molecule has 0 unspecified atom stereocenters. The minimum Gasteiger partial charge on any atom is -0.484 e. The van der Waals surface area contributed by atoms with Gasteiger partial charge >= 0.3 is 0 Å². The Labute approximate surface area is 166 Å². The molecule has 0 spiro atoms. The molecule has 1 aliphatic heterocycles. The van der Waals surface area contributed by atoms with E-state index in [4.69, 9.17) is 16.3 Å². The summed E-state index contributed by atoms with van der Waals surface area (Å²) >= 11 is 6.39. The molecule has 3 rings (SSSR count). The second-order valence-electron chi connectivity index (χ2n) is 7.08. The zero-order valence-corrected chi connectivity index (χ0v) is 16.8. The van der Waals surface area contributed by atoms with Crippen molar-refractivity contribution < 1.29 is 9.53 Å². The van der Waals surface area contributed by atoms with Crippen molar-refractivity contribution in [3.63, 3.8) is 0 Å². The lowest BCUT2D eigenvalue weighted by atomic mass is 9.99. The fraction of sp³-hybridized carbons (Fsp3) is 0.409. The molecule has 1 saturated heterocycles. The van der Waals surface area contributed by atoms with Gasteiger partial charge < -0.3 is 15.0 Å². The summed E-state index contributed by atoms with van der Waals surface area (Å²) in [5, 5.41) is 3.51. The highest BCUT2D eigenvalue weighted by atomic mass is 35.5. The van der Waals surface area contributed by atoms with Gasteiger partial charge in [-0.1, -0.05) is 37.6 Å². The normalized spacial score (nSPS) is 14.9. The summed E-state index contributed by atoms with van der Waals surface area (Å²) in [6.07, 6.45) is 3.50. The minimum atomic E-state index is -0.203. The van der Waals surface area contributed by atoms with E-state index in [1.807, 2.05) is 24.3 Å². The van der Waals surface area contributed by atoms with E-state index in [1.165, 1.54) is 18.4 Å². The van der Waals surface area contributed by atoms with Gasteiger partial charge in [-0.15, -0.1) is 0 Å². The highest BCUT2D eigenvalue weighted by Gasteiger charge is 2.15. The average Bonchev–Trinajstić information content (AvgIpc) is 3.20. The van der Waals surface area contributed by atoms with Gasteiger partial charge in [0.05, 0.1) is 10.7 Å². The molecule has 1 N–H and O–H groups in total. The summed E-state index contributed by atoms with van der Waals surface area (Å²) in [5.74, 6) is 1.02. The zero-order chi connectivity index (χ0) is 19.2. The molecule has 144 valence electrons. The van der Waals surface area contributed by atoms with E-state index in [1.54, 1.807) is 6.07 Å². The molecule has 0 saturated carbocycles. The number of hydrogen-bond acceptors (Lipinski definition) is 3. The number of halogens is 1. The standard InChI is InChI=1S/C22H27ClN2O2/c1-3-16(2)17-6-9-19(10-7-17)27-15-22(26)24-18-8-11-21(20(23)14-18)25-12-4-5-13-25/h6-11,14,16H,3-5,12-13,15H2,1-2H3,(H,24,26)/t16-/m0/s1. The third-order valence-electron chi connectivity index (χ3n) is 5.11. The van der Waals surface area contributed by atoms with Gasteiger partial charge in [-0.25, -0.2) is 0 Å². The van der Waals surface area contributed by atoms with E-state index in [0.717, 1.165) is 25.2 Å². The molecule has 4 nitrogen and oxygen atoms in total. The van der Waals surface area contributed by atoms with Crippen molar-refractivity contribution in [2.75, 3.05) is 29.9 Å². The van der Waals surface area contributed by atoms with Crippen LogP contribution in [0.2, 0.25) is 5.02 Å². The van der Waals surface area contributed by atoms with E-state index in [2.05, 4.69) is 36.2 Å². The lowest BCUT2D eigenvalue weighted by Crippen LogP contribution is -2.21. The van der Waals surface area contributed by atoms with Gasteiger partial charge in [0.2, 0.25) is 0 Å². The Hall–Kier alpha value is -2.20. The minimum absolute atomic E-state index is 0.0336. The predicted octanol–water partition coefficient (Wildman–Crippen LogP) is 5.47. The maximum atomic E-state index is 12.2. The SMILES string of the molecule is CC[C@H](C)c1ccc(OCC(=O)Nc2ccc(N3CCCC3)c(Cl)c2)cc1.